The lowest BCUT2D eigenvalue weighted by molar-refractivity contribution is -0.137. The summed E-state index contributed by atoms with van der Waals surface area (Å²) in [5.41, 5.74) is -1.75. The number of hydrogen-bond acceptors (Lipinski definition) is 1. The molecule has 0 fully saturated rings. The van der Waals surface area contributed by atoms with Crippen molar-refractivity contribution < 1.29 is 22.0 Å². The standard InChI is InChI=1S/C12H6F5N/c13-9-2-1-5-18-11(9)8-4-3-7(6-10(8)14)12(15,16)17/h1-6H. The van der Waals surface area contributed by atoms with Gasteiger partial charge in [0, 0.05) is 11.8 Å². The lowest BCUT2D eigenvalue weighted by Crippen LogP contribution is -2.05. The Balaban J connectivity index is 2.52. The van der Waals surface area contributed by atoms with E-state index in [4.69, 9.17) is 0 Å². The summed E-state index contributed by atoms with van der Waals surface area (Å²) in [6.07, 6.45) is -3.41. The highest BCUT2D eigenvalue weighted by atomic mass is 19.4. The Bertz CT molecular complexity index is 577. The number of aromatic nitrogens is 1. The predicted octanol–water partition coefficient (Wildman–Crippen LogP) is 4.05. The number of halogens is 5. The molecule has 94 valence electrons. The van der Waals surface area contributed by atoms with Gasteiger partial charge in [-0.2, -0.15) is 13.2 Å². The first-order chi connectivity index (χ1) is 8.39. The molecule has 18 heavy (non-hydrogen) atoms. The van der Waals surface area contributed by atoms with E-state index in [2.05, 4.69) is 4.98 Å². The summed E-state index contributed by atoms with van der Waals surface area (Å²) in [7, 11) is 0. The highest BCUT2D eigenvalue weighted by Gasteiger charge is 2.31. The molecule has 2 rings (SSSR count). The van der Waals surface area contributed by atoms with Crippen LogP contribution in [0.15, 0.2) is 36.5 Å². The molecule has 0 atom stereocenters. The molecule has 6 heteroatoms. The second kappa shape index (κ2) is 4.36. The van der Waals surface area contributed by atoms with Crippen LogP contribution < -0.4 is 0 Å². The lowest BCUT2D eigenvalue weighted by atomic mass is 10.1. The Morgan fingerprint density at radius 2 is 1.67 bits per heavy atom. The first-order valence-corrected chi connectivity index (χ1v) is 4.87. The van der Waals surface area contributed by atoms with Crippen LogP contribution in [0.5, 0.6) is 0 Å². The predicted molar refractivity (Wildman–Crippen MR) is 54.6 cm³/mol. The van der Waals surface area contributed by atoms with Gasteiger partial charge in [0.05, 0.1) is 5.56 Å². The molecule has 0 spiro atoms. The van der Waals surface area contributed by atoms with Crippen molar-refractivity contribution in [1.29, 1.82) is 0 Å². The molecule has 0 aliphatic carbocycles. The molecular weight excluding hydrogens is 253 g/mol. The number of rotatable bonds is 1. The molecule has 0 radical (unpaired) electrons. The molecule has 1 aromatic heterocycles. The molecule has 1 heterocycles. The quantitative estimate of drug-likeness (QED) is 0.704. The van der Waals surface area contributed by atoms with E-state index in [-0.39, 0.29) is 11.3 Å². The van der Waals surface area contributed by atoms with Gasteiger partial charge in [-0.05, 0) is 30.3 Å². The first-order valence-electron chi connectivity index (χ1n) is 4.87. The average molecular weight is 259 g/mol. The zero-order valence-corrected chi connectivity index (χ0v) is 8.80. The third-order valence-electron chi connectivity index (χ3n) is 2.31. The molecule has 0 N–H and O–H groups in total. The van der Waals surface area contributed by atoms with Gasteiger partial charge in [-0.15, -0.1) is 0 Å². The van der Waals surface area contributed by atoms with Crippen molar-refractivity contribution in [3.8, 4) is 11.3 Å². The molecule has 0 saturated heterocycles. The summed E-state index contributed by atoms with van der Waals surface area (Å²) in [6.45, 7) is 0. The zero-order chi connectivity index (χ0) is 13.3. The van der Waals surface area contributed by atoms with Gasteiger partial charge in [0.2, 0.25) is 0 Å². The highest BCUT2D eigenvalue weighted by Crippen LogP contribution is 2.32. The van der Waals surface area contributed by atoms with Crippen molar-refractivity contribution in [3.63, 3.8) is 0 Å². The largest absolute Gasteiger partial charge is 0.416 e. The van der Waals surface area contributed by atoms with Gasteiger partial charge in [0.15, 0.2) is 0 Å². The van der Waals surface area contributed by atoms with E-state index in [1.165, 1.54) is 12.3 Å². The van der Waals surface area contributed by atoms with Gasteiger partial charge in [-0.25, -0.2) is 8.78 Å². The minimum Gasteiger partial charge on any atom is -0.253 e. The van der Waals surface area contributed by atoms with E-state index in [1.54, 1.807) is 0 Å². The molecule has 0 saturated carbocycles. The molecule has 0 amide bonds. The molecule has 1 aromatic carbocycles. The number of hydrogen-bond donors (Lipinski definition) is 0. The maximum Gasteiger partial charge on any atom is 0.416 e. The Kier molecular flexibility index (Phi) is 3.02. The minimum absolute atomic E-state index is 0.305. The maximum absolute atomic E-state index is 13.5. The summed E-state index contributed by atoms with van der Waals surface area (Å²) < 4.78 is 63.9. The van der Waals surface area contributed by atoms with Crippen LogP contribution in [0.25, 0.3) is 11.3 Å². The van der Waals surface area contributed by atoms with Crippen molar-refractivity contribution in [3.05, 3.63) is 53.7 Å². The number of alkyl halides is 3. The van der Waals surface area contributed by atoms with E-state index >= 15 is 0 Å². The van der Waals surface area contributed by atoms with Gasteiger partial charge in [0.1, 0.15) is 17.3 Å². The topological polar surface area (TPSA) is 12.9 Å². The second-order valence-corrected chi connectivity index (χ2v) is 3.53. The Hall–Kier alpha value is -1.98. The third-order valence-corrected chi connectivity index (χ3v) is 2.31. The van der Waals surface area contributed by atoms with Crippen molar-refractivity contribution in [1.82, 2.24) is 4.98 Å². The van der Waals surface area contributed by atoms with E-state index in [9.17, 15) is 22.0 Å². The SMILES string of the molecule is Fc1cc(C(F)(F)F)ccc1-c1ncccc1F. The molecule has 0 aliphatic heterocycles. The fraction of sp³-hybridized carbons (Fsp3) is 0.0833. The summed E-state index contributed by atoms with van der Waals surface area (Å²) in [5, 5.41) is 0. The van der Waals surface area contributed by atoms with E-state index in [0.717, 1.165) is 12.1 Å². The lowest BCUT2D eigenvalue weighted by Gasteiger charge is -2.09. The van der Waals surface area contributed by atoms with Gasteiger partial charge in [-0.3, -0.25) is 4.98 Å². The summed E-state index contributed by atoms with van der Waals surface area (Å²) in [5.74, 6) is -1.96. The van der Waals surface area contributed by atoms with Crippen molar-refractivity contribution in [2.45, 2.75) is 6.18 Å². The van der Waals surface area contributed by atoms with Crippen LogP contribution in [-0.4, -0.2) is 4.98 Å². The Morgan fingerprint density at radius 3 is 2.22 bits per heavy atom. The Labute approximate surface area is 98.9 Å². The van der Waals surface area contributed by atoms with Crippen LogP contribution in [0.4, 0.5) is 22.0 Å². The highest BCUT2D eigenvalue weighted by molar-refractivity contribution is 5.61. The molecule has 0 aliphatic rings. The molecule has 0 bridgehead atoms. The zero-order valence-electron chi connectivity index (χ0n) is 8.80. The van der Waals surface area contributed by atoms with Crippen LogP contribution >= 0.6 is 0 Å². The van der Waals surface area contributed by atoms with Gasteiger partial charge < -0.3 is 0 Å². The summed E-state index contributed by atoms with van der Waals surface area (Å²) >= 11 is 0. The smallest absolute Gasteiger partial charge is 0.253 e. The summed E-state index contributed by atoms with van der Waals surface area (Å²) in [4.78, 5) is 3.60. The van der Waals surface area contributed by atoms with Crippen molar-refractivity contribution >= 4 is 0 Å². The fourth-order valence-corrected chi connectivity index (χ4v) is 1.47. The van der Waals surface area contributed by atoms with Crippen LogP contribution in [0.1, 0.15) is 5.56 Å². The maximum atomic E-state index is 13.5. The Morgan fingerprint density at radius 1 is 0.944 bits per heavy atom. The molecule has 0 unspecified atom stereocenters. The normalized spacial score (nSPS) is 11.6. The number of nitrogens with zero attached hydrogens (tertiary/aromatic N) is 1. The van der Waals surface area contributed by atoms with Gasteiger partial charge in [-0.1, -0.05) is 0 Å². The van der Waals surface area contributed by atoms with Crippen molar-refractivity contribution in [2.24, 2.45) is 0 Å². The average Bonchev–Trinajstić information content (AvgIpc) is 2.29. The van der Waals surface area contributed by atoms with E-state index in [0.29, 0.717) is 12.1 Å². The van der Waals surface area contributed by atoms with E-state index in [1.807, 2.05) is 0 Å². The van der Waals surface area contributed by atoms with Crippen LogP contribution in [0.3, 0.4) is 0 Å². The summed E-state index contributed by atoms with van der Waals surface area (Å²) in [6, 6.07) is 4.24. The van der Waals surface area contributed by atoms with Crippen LogP contribution in [-0.2, 0) is 6.18 Å². The fourth-order valence-electron chi connectivity index (χ4n) is 1.47. The van der Waals surface area contributed by atoms with E-state index < -0.39 is 23.4 Å². The molecule has 1 nitrogen and oxygen atoms in total. The van der Waals surface area contributed by atoms with Crippen LogP contribution in [0.2, 0.25) is 0 Å². The van der Waals surface area contributed by atoms with Gasteiger partial charge >= 0.3 is 6.18 Å². The van der Waals surface area contributed by atoms with Gasteiger partial charge in [0.25, 0.3) is 0 Å². The molecule has 2 aromatic rings. The number of pyridine rings is 1. The van der Waals surface area contributed by atoms with Crippen molar-refractivity contribution in [2.75, 3.05) is 0 Å². The number of benzene rings is 1. The first kappa shape index (κ1) is 12.5. The monoisotopic (exact) mass is 259 g/mol. The molecular formula is C12H6F5N. The van der Waals surface area contributed by atoms with Crippen LogP contribution in [0, 0.1) is 11.6 Å². The second-order valence-electron chi connectivity index (χ2n) is 3.53. The minimum atomic E-state index is -4.64. The third kappa shape index (κ3) is 2.32.